The molecule has 1 unspecified atom stereocenters. The first-order valence-corrected chi connectivity index (χ1v) is 5.54. The number of nitrogens with one attached hydrogen (secondary N) is 2. The van der Waals surface area contributed by atoms with Crippen LogP contribution in [0.1, 0.15) is 5.56 Å². The summed E-state index contributed by atoms with van der Waals surface area (Å²) in [6, 6.07) is 4.63. The molecule has 19 heavy (non-hydrogen) atoms. The molecule has 2 amide bonds. The number of hydrogen-bond donors (Lipinski definition) is 4. The van der Waals surface area contributed by atoms with Gasteiger partial charge in [0.25, 0.3) is 0 Å². The number of rotatable bonds is 5. The molecule has 0 aromatic heterocycles. The lowest BCUT2D eigenvalue weighted by Gasteiger charge is -2.12. The second kappa shape index (κ2) is 6.60. The fourth-order valence-corrected chi connectivity index (χ4v) is 1.36. The number of aryl methyl sites for hydroxylation is 1. The van der Waals surface area contributed by atoms with E-state index in [0.29, 0.717) is 11.4 Å². The molecule has 7 heteroatoms. The number of carbonyl (C=O) groups is 2. The Balaban J connectivity index is 2.62. The molecule has 0 aliphatic heterocycles. The SMILES string of the molecule is COc1ccc(C)cc1NC(=O)NCC(O)C(=O)O. The minimum absolute atomic E-state index is 0.380. The number of aliphatic hydroxyl groups is 1. The highest BCUT2D eigenvalue weighted by atomic mass is 16.5. The predicted octanol–water partition coefficient (Wildman–Crippen LogP) is 0.571. The largest absolute Gasteiger partial charge is 0.495 e. The number of aliphatic carboxylic acids is 1. The van der Waals surface area contributed by atoms with E-state index in [2.05, 4.69) is 10.6 Å². The maximum atomic E-state index is 11.5. The summed E-state index contributed by atoms with van der Waals surface area (Å²) in [5, 5.41) is 22.2. The molecular formula is C12H16N2O5. The Hall–Kier alpha value is -2.28. The van der Waals surface area contributed by atoms with E-state index < -0.39 is 18.1 Å². The Bertz CT molecular complexity index is 475. The van der Waals surface area contributed by atoms with E-state index in [1.807, 2.05) is 13.0 Å². The smallest absolute Gasteiger partial charge is 0.334 e. The van der Waals surface area contributed by atoms with Gasteiger partial charge in [0.1, 0.15) is 5.75 Å². The third kappa shape index (κ3) is 4.47. The van der Waals surface area contributed by atoms with E-state index in [1.54, 1.807) is 12.1 Å². The standard InChI is InChI=1S/C12H16N2O5/c1-7-3-4-10(19-2)8(5-7)14-12(18)13-6-9(15)11(16)17/h3-5,9,15H,6H2,1-2H3,(H,16,17)(H2,13,14,18). The van der Waals surface area contributed by atoms with Gasteiger partial charge in [0.05, 0.1) is 19.3 Å². The van der Waals surface area contributed by atoms with Gasteiger partial charge in [-0.25, -0.2) is 9.59 Å². The molecule has 0 radical (unpaired) electrons. The van der Waals surface area contributed by atoms with Crippen molar-refractivity contribution < 1.29 is 24.5 Å². The quantitative estimate of drug-likeness (QED) is 0.624. The van der Waals surface area contributed by atoms with Gasteiger partial charge in [0.15, 0.2) is 6.10 Å². The highest BCUT2D eigenvalue weighted by molar-refractivity contribution is 5.91. The summed E-state index contributed by atoms with van der Waals surface area (Å²) < 4.78 is 5.08. The van der Waals surface area contributed by atoms with Gasteiger partial charge in [-0.1, -0.05) is 6.07 Å². The summed E-state index contributed by atoms with van der Waals surface area (Å²) in [5.41, 5.74) is 1.39. The number of benzene rings is 1. The number of ether oxygens (including phenoxy) is 1. The number of amides is 2. The van der Waals surface area contributed by atoms with Gasteiger partial charge in [-0.15, -0.1) is 0 Å². The monoisotopic (exact) mass is 268 g/mol. The number of carboxylic acids is 1. The molecule has 0 aliphatic carbocycles. The third-order valence-electron chi connectivity index (χ3n) is 2.34. The molecule has 1 aromatic rings. The summed E-state index contributed by atoms with van der Waals surface area (Å²) in [6.07, 6.45) is -1.63. The highest BCUT2D eigenvalue weighted by Gasteiger charge is 2.14. The van der Waals surface area contributed by atoms with Crippen molar-refractivity contribution in [1.29, 1.82) is 0 Å². The van der Waals surface area contributed by atoms with Crippen LogP contribution in [-0.4, -0.2) is 42.0 Å². The average molecular weight is 268 g/mol. The first-order chi connectivity index (χ1) is 8.93. The lowest BCUT2D eigenvalue weighted by molar-refractivity contribution is -0.146. The van der Waals surface area contributed by atoms with E-state index >= 15 is 0 Å². The normalized spacial score (nSPS) is 11.5. The van der Waals surface area contributed by atoms with E-state index in [9.17, 15) is 9.59 Å². The number of urea groups is 1. The molecule has 7 nitrogen and oxygen atoms in total. The van der Waals surface area contributed by atoms with E-state index in [1.165, 1.54) is 7.11 Å². The van der Waals surface area contributed by atoms with E-state index in [0.717, 1.165) is 5.56 Å². The molecular weight excluding hydrogens is 252 g/mol. The van der Waals surface area contributed by atoms with Crippen LogP contribution in [0.25, 0.3) is 0 Å². The van der Waals surface area contributed by atoms with Gasteiger partial charge in [-0.05, 0) is 24.6 Å². The first-order valence-electron chi connectivity index (χ1n) is 5.54. The maximum Gasteiger partial charge on any atom is 0.334 e. The topological polar surface area (TPSA) is 108 Å². The molecule has 0 aliphatic rings. The van der Waals surface area contributed by atoms with Gasteiger partial charge in [0, 0.05) is 0 Å². The van der Waals surface area contributed by atoms with Gasteiger partial charge in [0.2, 0.25) is 0 Å². The number of aliphatic hydroxyl groups excluding tert-OH is 1. The van der Waals surface area contributed by atoms with E-state index in [-0.39, 0.29) is 6.54 Å². The van der Waals surface area contributed by atoms with Crippen molar-refractivity contribution in [3.8, 4) is 5.75 Å². The molecule has 1 aromatic carbocycles. The maximum absolute atomic E-state index is 11.5. The number of carbonyl (C=O) groups excluding carboxylic acids is 1. The molecule has 1 atom stereocenters. The summed E-state index contributed by atoms with van der Waals surface area (Å²) >= 11 is 0. The lowest BCUT2D eigenvalue weighted by atomic mass is 10.2. The molecule has 0 bridgehead atoms. The minimum Gasteiger partial charge on any atom is -0.495 e. The fraction of sp³-hybridized carbons (Fsp3) is 0.333. The number of anilines is 1. The van der Waals surface area contributed by atoms with Crippen LogP contribution in [0, 0.1) is 6.92 Å². The summed E-state index contributed by atoms with van der Waals surface area (Å²) in [4.78, 5) is 21.9. The Morgan fingerprint density at radius 1 is 1.42 bits per heavy atom. The fourth-order valence-electron chi connectivity index (χ4n) is 1.36. The van der Waals surface area contributed by atoms with Crippen LogP contribution >= 0.6 is 0 Å². The summed E-state index contributed by atoms with van der Waals surface area (Å²) in [7, 11) is 1.47. The highest BCUT2D eigenvalue weighted by Crippen LogP contribution is 2.24. The first kappa shape index (κ1) is 14.8. The van der Waals surface area contributed by atoms with Crippen LogP contribution in [-0.2, 0) is 4.79 Å². The van der Waals surface area contributed by atoms with Crippen LogP contribution in [0.3, 0.4) is 0 Å². The van der Waals surface area contributed by atoms with Crippen LogP contribution in [0.2, 0.25) is 0 Å². The molecule has 4 N–H and O–H groups in total. The number of carboxylic acid groups (broad SMARTS) is 1. The van der Waals surface area contributed by atoms with Crippen molar-refractivity contribution in [2.24, 2.45) is 0 Å². The number of hydrogen-bond acceptors (Lipinski definition) is 4. The van der Waals surface area contributed by atoms with Crippen LogP contribution in [0.5, 0.6) is 5.75 Å². The molecule has 104 valence electrons. The molecule has 1 rings (SSSR count). The summed E-state index contributed by atoms with van der Waals surface area (Å²) in [5.74, 6) is -0.909. The van der Waals surface area contributed by atoms with Crippen molar-refractivity contribution in [3.05, 3.63) is 23.8 Å². The van der Waals surface area contributed by atoms with Gasteiger partial charge in [-0.2, -0.15) is 0 Å². The molecule has 0 saturated heterocycles. The Morgan fingerprint density at radius 2 is 2.11 bits per heavy atom. The van der Waals surface area contributed by atoms with Gasteiger partial charge < -0.3 is 25.6 Å². The zero-order chi connectivity index (χ0) is 14.4. The Labute approximate surface area is 110 Å². The van der Waals surface area contributed by atoms with Crippen LogP contribution in [0.15, 0.2) is 18.2 Å². The Kier molecular flexibility index (Phi) is 5.13. The van der Waals surface area contributed by atoms with Crippen molar-refractivity contribution in [2.45, 2.75) is 13.0 Å². The second-order valence-electron chi connectivity index (χ2n) is 3.89. The molecule has 0 fully saturated rings. The number of methoxy groups -OCH3 is 1. The van der Waals surface area contributed by atoms with E-state index in [4.69, 9.17) is 14.9 Å². The van der Waals surface area contributed by atoms with Crippen molar-refractivity contribution in [2.75, 3.05) is 19.0 Å². The Morgan fingerprint density at radius 3 is 2.68 bits per heavy atom. The molecule has 0 saturated carbocycles. The molecule has 0 spiro atoms. The predicted molar refractivity (Wildman–Crippen MR) is 68.4 cm³/mol. The molecule has 0 heterocycles. The van der Waals surface area contributed by atoms with Crippen molar-refractivity contribution >= 4 is 17.7 Å². The van der Waals surface area contributed by atoms with Crippen molar-refractivity contribution in [1.82, 2.24) is 5.32 Å². The van der Waals surface area contributed by atoms with Gasteiger partial charge >= 0.3 is 12.0 Å². The minimum atomic E-state index is -1.63. The second-order valence-corrected chi connectivity index (χ2v) is 3.89. The van der Waals surface area contributed by atoms with Crippen molar-refractivity contribution in [3.63, 3.8) is 0 Å². The van der Waals surface area contributed by atoms with Crippen LogP contribution < -0.4 is 15.4 Å². The summed E-state index contributed by atoms with van der Waals surface area (Å²) in [6.45, 7) is 1.48. The average Bonchev–Trinajstić information content (AvgIpc) is 2.36. The third-order valence-corrected chi connectivity index (χ3v) is 2.34. The van der Waals surface area contributed by atoms with Crippen LogP contribution in [0.4, 0.5) is 10.5 Å². The lowest BCUT2D eigenvalue weighted by Crippen LogP contribution is -2.38. The van der Waals surface area contributed by atoms with Gasteiger partial charge in [-0.3, -0.25) is 0 Å². The zero-order valence-corrected chi connectivity index (χ0v) is 10.6. The zero-order valence-electron chi connectivity index (χ0n) is 10.6.